The number of ether oxygens (including phenoxy) is 2. The molecule has 2 aromatic rings. The van der Waals surface area contributed by atoms with Crippen LogP contribution in [-0.2, 0) is 9.53 Å². The van der Waals surface area contributed by atoms with E-state index in [9.17, 15) is 14.7 Å². The molecule has 0 spiro atoms. The van der Waals surface area contributed by atoms with Crippen LogP contribution in [0.15, 0.2) is 48.5 Å². The SMILES string of the molecule is O=C(COc1ccc(C(=O)N2CCOCC2)cc1)Nc1ccc(O)cc1. The van der Waals surface area contributed by atoms with E-state index in [1.54, 1.807) is 41.3 Å². The van der Waals surface area contributed by atoms with E-state index in [1.807, 2.05) is 0 Å². The van der Waals surface area contributed by atoms with Gasteiger partial charge in [-0.2, -0.15) is 0 Å². The average Bonchev–Trinajstić information content (AvgIpc) is 2.69. The van der Waals surface area contributed by atoms with E-state index < -0.39 is 0 Å². The molecule has 0 atom stereocenters. The Morgan fingerprint density at radius 1 is 1.04 bits per heavy atom. The van der Waals surface area contributed by atoms with Gasteiger partial charge >= 0.3 is 0 Å². The van der Waals surface area contributed by atoms with Crippen LogP contribution in [0.3, 0.4) is 0 Å². The van der Waals surface area contributed by atoms with Crippen molar-refractivity contribution in [3.63, 3.8) is 0 Å². The lowest BCUT2D eigenvalue weighted by molar-refractivity contribution is -0.118. The van der Waals surface area contributed by atoms with E-state index in [4.69, 9.17) is 9.47 Å². The molecule has 1 saturated heterocycles. The van der Waals surface area contributed by atoms with Gasteiger partial charge < -0.3 is 24.8 Å². The lowest BCUT2D eigenvalue weighted by Gasteiger charge is -2.26. The second kappa shape index (κ2) is 8.35. The third-order valence-corrected chi connectivity index (χ3v) is 3.92. The van der Waals surface area contributed by atoms with Crippen molar-refractivity contribution >= 4 is 17.5 Å². The standard InChI is InChI=1S/C19H20N2O5/c22-16-5-3-15(4-6-16)20-18(23)13-26-17-7-1-14(2-8-17)19(24)21-9-11-25-12-10-21/h1-8,22H,9-13H2,(H,20,23). The maximum Gasteiger partial charge on any atom is 0.262 e. The summed E-state index contributed by atoms with van der Waals surface area (Å²) in [5, 5.41) is 11.9. The Morgan fingerprint density at radius 2 is 1.69 bits per heavy atom. The predicted octanol–water partition coefficient (Wildman–Crippen LogP) is 1.88. The number of carbonyl (C=O) groups excluding carboxylic acids is 2. The van der Waals surface area contributed by atoms with Crippen molar-refractivity contribution in [1.29, 1.82) is 0 Å². The molecule has 0 bridgehead atoms. The smallest absolute Gasteiger partial charge is 0.262 e. The maximum absolute atomic E-state index is 12.4. The molecule has 0 unspecified atom stereocenters. The number of phenols is 1. The quantitative estimate of drug-likeness (QED) is 0.799. The minimum absolute atomic E-state index is 0.0371. The highest BCUT2D eigenvalue weighted by molar-refractivity contribution is 5.94. The summed E-state index contributed by atoms with van der Waals surface area (Å²) in [6.07, 6.45) is 0. The van der Waals surface area contributed by atoms with E-state index in [0.29, 0.717) is 43.3 Å². The highest BCUT2D eigenvalue weighted by atomic mass is 16.5. The summed E-state index contributed by atoms with van der Waals surface area (Å²) >= 11 is 0. The maximum atomic E-state index is 12.4. The van der Waals surface area contributed by atoms with Crippen LogP contribution in [0.2, 0.25) is 0 Å². The van der Waals surface area contributed by atoms with E-state index >= 15 is 0 Å². The molecular weight excluding hydrogens is 336 g/mol. The number of anilines is 1. The molecule has 0 aromatic heterocycles. The van der Waals surface area contributed by atoms with Crippen molar-refractivity contribution in [1.82, 2.24) is 4.90 Å². The van der Waals surface area contributed by atoms with Gasteiger partial charge in [0.25, 0.3) is 11.8 Å². The zero-order valence-electron chi connectivity index (χ0n) is 14.2. The Bertz CT molecular complexity index is 753. The van der Waals surface area contributed by atoms with Gasteiger partial charge in [-0.05, 0) is 48.5 Å². The lowest BCUT2D eigenvalue weighted by atomic mass is 10.2. The van der Waals surface area contributed by atoms with Gasteiger partial charge in [0.1, 0.15) is 11.5 Å². The number of benzene rings is 2. The molecule has 7 heteroatoms. The molecule has 0 radical (unpaired) electrons. The average molecular weight is 356 g/mol. The van der Waals surface area contributed by atoms with E-state index in [2.05, 4.69) is 5.32 Å². The molecule has 1 fully saturated rings. The third-order valence-electron chi connectivity index (χ3n) is 3.92. The number of aromatic hydroxyl groups is 1. The number of nitrogens with zero attached hydrogens (tertiary/aromatic N) is 1. The van der Waals surface area contributed by atoms with Crippen LogP contribution in [0, 0.1) is 0 Å². The van der Waals surface area contributed by atoms with Crippen LogP contribution >= 0.6 is 0 Å². The Labute approximate surface area is 151 Å². The van der Waals surface area contributed by atoms with Crippen molar-refractivity contribution < 1.29 is 24.2 Å². The molecule has 1 aliphatic rings. The Kier molecular flexibility index (Phi) is 5.70. The van der Waals surface area contributed by atoms with Gasteiger partial charge in [0.15, 0.2) is 6.61 Å². The summed E-state index contributed by atoms with van der Waals surface area (Å²) in [7, 11) is 0. The minimum Gasteiger partial charge on any atom is -0.508 e. The Balaban J connectivity index is 1.50. The van der Waals surface area contributed by atoms with Gasteiger partial charge in [0.05, 0.1) is 13.2 Å². The fourth-order valence-electron chi connectivity index (χ4n) is 2.53. The molecule has 136 valence electrons. The van der Waals surface area contributed by atoms with Crippen LogP contribution in [0.1, 0.15) is 10.4 Å². The zero-order chi connectivity index (χ0) is 18.4. The number of carbonyl (C=O) groups is 2. The number of morpholine rings is 1. The molecule has 3 rings (SSSR count). The number of amides is 2. The topological polar surface area (TPSA) is 88.1 Å². The third kappa shape index (κ3) is 4.73. The first-order valence-electron chi connectivity index (χ1n) is 8.30. The number of hydrogen-bond donors (Lipinski definition) is 2. The highest BCUT2D eigenvalue weighted by Crippen LogP contribution is 2.16. The highest BCUT2D eigenvalue weighted by Gasteiger charge is 2.18. The molecule has 0 saturated carbocycles. The molecule has 7 nitrogen and oxygen atoms in total. The van der Waals surface area contributed by atoms with E-state index in [-0.39, 0.29) is 24.2 Å². The Hall–Kier alpha value is -3.06. The van der Waals surface area contributed by atoms with Gasteiger partial charge in [-0.3, -0.25) is 9.59 Å². The second-order valence-corrected chi connectivity index (χ2v) is 5.81. The van der Waals surface area contributed by atoms with Crippen LogP contribution < -0.4 is 10.1 Å². The second-order valence-electron chi connectivity index (χ2n) is 5.81. The minimum atomic E-state index is -0.316. The summed E-state index contributed by atoms with van der Waals surface area (Å²) in [4.78, 5) is 26.0. The van der Waals surface area contributed by atoms with Crippen LogP contribution in [0.4, 0.5) is 5.69 Å². The molecule has 1 heterocycles. The monoisotopic (exact) mass is 356 g/mol. The van der Waals surface area contributed by atoms with Crippen molar-refractivity contribution in [2.45, 2.75) is 0 Å². The molecule has 2 N–H and O–H groups in total. The van der Waals surface area contributed by atoms with Gasteiger partial charge in [-0.25, -0.2) is 0 Å². The van der Waals surface area contributed by atoms with Crippen LogP contribution in [0.25, 0.3) is 0 Å². The van der Waals surface area contributed by atoms with Gasteiger partial charge in [0, 0.05) is 24.3 Å². The first-order chi connectivity index (χ1) is 12.6. The Morgan fingerprint density at radius 3 is 2.35 bits per heavy atom. The molecule has 2 aromatic carbocycles. The first kappa shape index (κ1) is 17.8. The van der Waals surface area contributed by atoms with Gasteiger partial charge in [0.2, 0.25) is 0 Å². The summed E-state index contributed by atoms with van der Waals surface area (Å²) in [6, 6.07) is 12.9. The normalized spacial score (nSPS) is 13.9. The van der Waals surface area contributed by atoms with Crippen molar-refractivity contribution in [2.75, 3.05) is 38.2 Å². The van der Waals surface area contributed by atoms with Gasteiger partial charge in [-0.15, -0.1) is 0 Å². The summed E-state index contributed by atoms with van der Waals surface area (Å²) < 4.78 is 10.7. The number of rotatable bonds is 5. The summed E-state index contributed by atoms with van der Waals surface area (Å²) in [6.45, 7) is 2.15. The van der Waals surface area contributed by atoms with Gasteiger partial charge in [-0.1, -0.05) is 0 Å². The van der Waals surface area contributed by atoms with Crippen molar-refractivity contribution in [3.8, 4) is 11.5 Å². The summed E-state index contributed by atoms with van der Waals surface area (Å²) in [5.74, 6) is 0.282. The molecule has 0 aliphatic carbocycles. The fraction of sp³-hybridized carbons (Fsp3) is 0.263. The molecule has 2 amide bonds. The molecule has 1 aliphatic heterocycles. The lowest BCUT2D eigenvalue weighted by Crippen LogP contribution is -2.40. The van der Waals surface area contributed by atoms with E-state index in [1.165, 1.54) is 12.1 Å². The zero-order valence-corrected chi connectivity index (χ0v) is 14.2. The fourth-order valence-corrected chi connectivity index (χ4v) is 2.53. The number of phenolic OH excluding ortho intramolecular Hbond substituents is 1. The number of nitrogens with one attached hydrogen (secondary N) is 1. The first-order valence-corrected chi connectivity index (χ1v) is 8.30. The van der Waals surface area contributed by atoms with Crippen molar-refractivity contribution in [2.24, 2.45) is 0 Å². The van der Waals surface area contributed by atoms with Crippen LogP contribution in [-0.4, -0.2) is 54.7 Å². The van der Waals surface area contributed by atoms with Crippen molar-refractivity contribution in [3.05, 3.63) is 54.1 Å². The summed E-state index contributed by atoms with van der Waals surface area (Å²) in [5.41, 5.74) is 1.15. The molecular formula is C19H20N2O5. The van der Waals surface area contributed by atoms with Crippen LogP contribution in [0.5, 0.6) is 11.5 Å². The largest absolute Gasteiger partial charge is 0.508 e. The number of hydrogen-bond acceptors (Lipinski definition) is 5. The predicted molar refractivity (Wildman–Crippen MR) is 95.4 cm³/mol. The molecule has 26 heavy (non-hydrogen) atoms. The van der Waals surface area contributed by atoms with E-state index in [0.717, 1.165) is 0 Å².